The van der Waals surface area contributed by atoms with Gasteiger partial charge < -0.3 is 0 Å². The molecule has 0 fully saturated rings. The van der Waals surface area contributed by atoms with Crippen molar-refractivity contribution in [2.24, 2.45) is 0 Å². The number of sulfonamides is 1. The number of nitrogens with one attached hydrogen (secondary N) is 1. The summed E-state index contributed by atoms with van der Waals surface area (Å²) in [6.45, 7) is 2.11. The molecule has 0 spiro atoms. The van der Waals surface area contributed by atoms with E-state index in [4.69, 9.17) is 0 Å². The van der Waals surface area contributed by atoms with Crippen LogP contribution < -0.4 is 4.72 Å². The van der Waals surface area contributed by atoms with Gasteiger partial charge in [0.25, 0.3) is 0 Å². The second-order valence-corrected chi connectivity index (χ2v) is 9.55. The van der Waals surface area contributed by atoms with Crippen molar-refractivity contribution in [2.45, 2.75) is 24.1 Å². The molecular weight excluding hydrogens is 348 g/mol. The summed E-state index contributed by atoms with van der Waals surface area (Å²) in [6, 6.07) is 13.6. The lowest BCUT2D eigenvalue weighted by Gasteiger charge is -2.02. The predicted octanol–water partition coefficient (Wildman–Crippen LogP) is 3.58. The number of rotatable bonds is 6. The molecule has 0 saturated carbocycles. The lowest BCUT2D eigenvalue weighted by atomic mass is 10.1. The highest BCUT2D eigenvalue weighted by atomic mass is 32.2. The zero-order chi connectivity index (χ0) is 16.3. The Hall–Kier alpha value is -1.54. The maximum atomic E-state index is 12.2. The molecule has 2 heterocycles. The largest absolute Gasteiger partial charge is 0.250 e. The summed E-state index contributed by atoms with van der Waals surface area (Å²) in [5.41, 5.74) is 1.22. The molecule has 23 heavy (non-hydrogen) atoms. The second-order valence-electron chi connectivity index (χ2n) is 5.07. The molecule has 0 aliphatic heterocycles. The molecule has 0 unspecified atom stereocenters. The Bertz CT molecular complexity index is 883. The zero-order valence-corrected chi connectivity index (χ0v) is 15.0. The predicted molar refractivity (Wildman–Crippen MR) is 94.4 cm³/mol. The van der Waals surface area contributed by atoms with E-state index < -0.39 is 10.0 Å². The molecule has 1 N–H and O–H groups in total. The number of benzene rings is 1. The van der Waals surface area contributed by atoms with Crippen molar-refractivity contribution in [3.8, 4) is 0 Å². The van der Waals surface area contributed by atoms with E-state index in [0.29, 0.717) is 4.21 Å². The molecule has 1 aromatic carbocycles. The molecular formula is C16H16N2O2S3. The number of thiophene rings is 1. The molecule has 120 valence electrons. The first-order valence-electron chi connectivity index (χ1n) is 7.06. The van der Waals surface area contributed by atoms with Crippen LogP contribution in [0.25, 0.3) is 0 Å². The summed E-state index contributed by atoms with van der Waals surface area (Å²) >= 11 is 2.80. The molecule has 0 aliphatic rings. The monoisotopic (exact) mass is 364 g/mol. The molecule has 7 heteroatoms. The first kappa shape index (κ1) is 16.3. The molecule has 0 atom stereocenters. The minimum Gasteiger partial charge on any atom is -0.248 e. The highest BCUT2D eigenvalue weighted by molar-refractivity contribution is 7.91. The van der Waals surface area contributed by atoms with Crippen LogP contribution in [-0.4, -0.2) is 13.4 Å². The standard InChI is InChI=1S/C16H16N2O2S3/c1-12-7-8-16(21-12)23(19,20)18-11-15-17-10-14(22-15)9-13-5-3-2-4-6-13/h2-8,10,18H,9,11H2,1H3. The van der Waals surface area contributed by atoms with Gasteiger partial charge in [-0.2, -0.15) is 0 Å². The quantitative estimate of drug-likeness (QED) is 0.727. The van der Waals surface area contributed by atoms with E-state index >= 15 is 0 Å². The Balaban J connectivity index is 1.63. The number of aromatic nitrogens is 1. The molecule has 0 amide bonds. The Morgan fingerprint density at radius 1 is 1.09 bits per heavy atom. The van der Waals surface area contributed by atoms with Crippen molar-refractivity contribution in [3.05, 3.63) is 69.0 Å². The van der Waals surface area contributed by atoms with Crippen molar-refractivity contribution in [2.75, 3.05) is 0 Å². The molecule has 4 nitrogen and oxygen atoms in total. The van der Waals surface area contributed by atoms with Crippen molar-refractivity contribution >= 4 is 32.7 Å². The van der Waals surface area contributed by atoms with E-state index in [0.717, 1.165) is 21.2 Å². The fourth-order valence-corrected chi connectivity index (χ4v) is 5.40. The van der Waals surface area contributed by atoms with E-state index in [9.17, 15) is 8.42 Å². The fourth-order valence-electron chi connectivity index (χ4n) is 2.09. The minimum atomic E-state index is -3.45. The summed E-state index contributed by atoms with van der Waals surface area (Å²) in [6.07, 6.45) is 2.63. The first-order chi connectivity index (χ1) is 11.0. The maximum Gasteiger partial charge on any atom is 0.250 e. The van der Waals surface area contributed by atoms with Gasteiger partial charge >= 0.3 is 0 Å². The van der Waals surface area contributed by atoms with Crippen molar-refractivity contribution < 1.29 is 8.42 Å². The topological polar surface area (TPSA) is 59.1 Å². The Labute approximate surface area is 143 Å². The van der Waals surface area contributed by atoms with Crippen LogP contribution in [-0.2, 0) is 23.0 Å². The van der Waals surface area contributed by atoms with Crippen LogP contribution in [0.3, 0.4) is 0 Å². The average Bonchev–Trinajstić information content (AvgIpc) is 3.16. The van der Waals surface area contributed by atoms with E-state index in [1.54, 1.807) is 12.1 Å². The van der Waals surface area contributed by atoms with Gasteiger partial charge in [0.15, 0.2) is 0 Å². The van der Waals surface area contributed by atoms with Crippen LogP contribution in [0.1, 0.15) is 20.3 Å². The lowest BCUT2D eigenvalue weighted by Crippen LogP contribution is -2.22. The van der Waals surface area contributed by atoms with Gasteiger partial charge in [-0.15, -0.1) is 22.7 Å². The van der Waals surface area contributed by atoms with Gasteiger partial charge in [0.1, 0.15) is 9.22 Å². The number of aryl methyl sites for hydroxylation is 1. The van der Waals surface area contributed by atoms with Gasteiger partial charge in [0, 0.05) is 22.4 Å². The van der Waals surface area contributed by atoms with Crippen LogP contribution in [0.2, 0.25) is 0 Å². The molecule has 0 radical (unpaired) electrons. The zero-order valence-electron chi connectivity index (χ0n) is 12.5. The SMILES string of the molecule is Cc1ccc(S(=O)(=O)NCc2ncc(Cc3ccccc3)s2)s1. The number of thiazole rings is 1. The summed E-state index contributed by atoms with van der Waals surface area (Å²) < 4.78 is 27.3. The van der Waals surface area contributed by atoms with E-state index in [1.807, 2.05) is 31.3 Å². The van der Waals surface area contributed by atoms with Crippen LogP contribution in [0.5, 0.6) is 0 Å². The van der Waals surface area contributed by atoms with Crippen LogP contribution in [0, 0.1) is 6.92 Å². The molecule has 3 rings (SSSR count). The lowest BCUT2D eigenvalue weighted by molar-refractivity contribution is 0.583. The molecule has 0 saturated heterocycles. The van der Waals surface area contributed by atoms with E-state index in [-0.39, 0.29) is 6.54 Å². The summed E-state index contributed by atoms with van der Waals surface area (Å²) in [5.74, 6) is 0. The third-order valence-electron chi connectivity index (χ3n) is 3.22. The molecule has 3 aromatic rings. The van der Waals surface area contributed by atoms with Gasteiger partial charge in [0.05, 0.1) is 6.54 Å². The maximum absolute atomic E-state index is 12.2. The fraction of sp³-hybridized carbons (Fsp3) is 0.188. The summed E-state index contributed by atoms with van der Waals surface area (Å²) in [4.78, 5) is 6.41. The number of nitrogens with zero attached hydrogens (tertiary/aromatic N) is 1. The first-order valence-corrected chi connectivity index (χ1v) is 10.2. The minimum absolute atomic E-state index is 0.221. The van der Waals surface area contributed by atoms with Gasteiger partial charge in [-0.1, -0.05) is 30.3 Å². The smallest absolute Gasteiger partial charge is 0.248 e. The van der Waals surface area contributed by atoms with Gasteiger partial charge in [0.2, 0.25) is 10.0 Å². The highest BCUT2D eigenvalue weighted by Gasteiger charge is 2.16. The molecule has 2 aromatic heterocycles. The Morgan fingerprint density at radius 3 is 2.57 bits per heavy atom. The second kappa shape index (κ2) is 6.92. The molecule has 0 bridgehead atoms. The molecule has 0 aliphatic carbocycles. The van der Waals surface area contributed by atoms with Gasteiger partial charge in [-0.25, -0.2) is 18.1 Å². The van der Waals surface area contributed by atoms with Gasteiger partial charge in [-0.3, -0.25) is 0 Å². The van der Waals surface area contributed by atoms with Crippen molar-refractivity contribution in [1.29, 1.82) is 0 Å². The number of hydrogen-bond donors (Lipinski definition) is 1. The summed E-state index contributed by atoms with van der Waals surface area (Å²) in [7, 11) is -3.45. The number of hydrogen-bond acceptors (Lipinski definition) is 5. The third-order valence-corrected chi connectivity index (χ3v) is 7.11. The van der Waals surface area contributed by atoms with Crippen LogP contribution in [0.4, 0.5) is 0 Å². The Kier molecular flexibility index (Phi) is 4.91. The highest BCUT2D eigenvalue weighted by Crippen LogP contribution is 2.21. The van der Waals surface area contributed by atoms with Gasteiger partial charge in [-0.05, 0) is 24.6 Å². The van der Waals surface area contributed by atoms with E-state index in [1.165, 1.54) is 28.2 Å². The van der Waals surface area contributed by atoms with Crippen molar-refractivity contribution in [1.82, 2.24) is 9.71 Å². The Morgan fingerprint density at radius 2 is 1.87 bits per heavy atom. The third kappa shape index (κ3) is 4.26. The van der Waals surface area contributed by atoms with Crippen LogP contribution >= 0.6 is 22.7 Å². The normalized spacial score (nSPS) is 11.7. The van der Waals surface area contributed by atoms with E-state index in [2.05, 4.69) is 21.8 Å². The van der Waals surface area contributed by atoms with Crippen LogP contribution in [0.15, 0.2) is 52.9 Å². The van der Waals surface area contributed by atoms with Crippen molar-refractivity contribution in [3.63, 3.8) is 0 Å². The average molecular weight is 365 g/mol. The summed E-state index contributed by atoms with van der Waals surface area (Å²) in [5, 5.41) is 0.771.